The third-order valence-corrected chi connectivity index (χ3v) is 4.48. The lowest BCUT2D eigenvalue weighted by Gasteiger charge is -2.32. The molecule has 0 spiro atoms. The van der Waals surface area contributed by atoms with Gasteiger partial charge in [-0.1, -0.05) is 5.16 Å². The highest BCUT2D eigenvalue weighted by Crippen LogP contribution is 2.26. The van der Waals surface area contributed by atoms with E-state index < -0.39 is 0 Å². The zero-order valence-corrected chi connectivity index (χ0v) is 13.9. The lowest BCUT2D eigenvalue weighted by Crippen LogP contribution is -2.40. The van der Waals surface area contributed by atoms with Gasteiger partial charge in [0.05, 0.1) is 23.5 Å². The molecule has 0 bridgehead atoms. The minimum atomic E-state index is 0.129. The highest BCUT2D eigenvalue weighted by Gasteiger charge is 2.27. The van der Waals surface area contributed by atoms with E-state index in [1.54, 1.807) is 6.20 Å². The highest BCUT2D eigenvalue weighted by molar-refractivity contribution is 5.79. The number of nitrogens with zero attached hydrogens (tertiary/aromatic N) is 4. The fourth-order valence-corrected chi connectivity index (χ4v) is 3.14. The van der Waals surface area contributed by atoms with E-state index in [4.69, 9.17) is 4.52 Å². The number of hydrogen-bond acceptors (Lipinski definition) is 5. The van der Waals surface area contributed by atoms with Crippen molar-refractivity contribution in [1.29, 1.82) is 0 Å². The molecule has 6 nitrogen and oxygen atoms in total. The third kappa shape index (κ3) is 3.41. The highest BCUT2D eigenvalue weighted by atomic mass is 16.5. The van der Waals surface area contributed by atoms with Gasteiger partial charge in [0.1, 0.15) is 5.76 Å². The summed E-state index contributed by atoms with van der Waals surface area (Å²) in [5.74, 6) is 1.13. The average Bonchev–Trinajstić information content (AvgIpc) is 2.87. The summed E-state index contributed by atoms with van der Waals surface area (Å²) in [5.41, 5.74) is 3.61. The van der Waals surface area contributed by atoms with Gasteiger partial charge in [0.2, 0.25) is 5.91 Å². The molecule has 1 aliphatic heterocycles. The number of carbonyl (C=O) groups is 1. The number of aryl methyl sites for hydroxylation is 3. The molecule has 0 saturated carbocycles. The Morgan fingerprint density at radius 3 is 2.87 bits per heavy atom. The minimum absolute atomic E-state index is 0.129. The summed E-state index contributed by atoms with van der Waals surface area (Å²) >= 11 is 0. The smallest absolute Gasteiger partial charge is 0.227 e. The first kappa shape index (κ1) is 15.6. The molecule has 3 heterocycles. The molecule has 1 unspecified atom stereocenters. The number of amides is 1. The summed E-state index contributed by atoms with van der Waals surface area (Å²) in [6.07, 6.45) is 5.97. The largest absolute Gasteiger partial charge is 0.361 e. The average molecular weight is 314 g/mol. The Kier molecular flexibility index (Phi) is 4.41. The zero-order valence-electron chi connectivity index (χ0n) is 13.9. The van der Waals surface area contributed by atoms with Crippen LogP contribution in [-0.4, -0.2) is 39.0 Å². The van der Waals surface area contributed by atoms with Crippen LogP contribution < -0.4 is 0 Å². The van der Waals surface area contributed by atoms with Gasteiger partial charge in [-0.05, 0) is 33.6 Å². The molecule has 2 aromatic heterocycles. The molecule has 1 amide bonds. The molecule has 0 N–H and O–H groups in total. The van der Waals surface area contributed by atoms with Crippen LogP contribution in [0.15, 0.2) is 16.9 Å². The quantitative estimate of drug-likeness (QED) is 0.869. The summed E-state index contributed by atoms with van der Waals surface area (Å²) in [6, 6.07) is 0. The van der Waals surface area contributed by atoms with Crippen molar-refractivity contribution in [3.05, 3.63) is 40.8 Å². The van der Waals surface area contributed by atoms with Crippen molar-refractivity contribution in [1.82, 2.24) is 20.0 Å². The van der Waals surface area contributed by atoms with E-state index >= 15 is 0 Å². The SMILES string of the molecule is Cc1cncc(C2CCCN(C(=O)Cc3c(C)noc3C)C2)n1. The molecule has 0 aromatic carbocycles. The molecular weight excluding hydrogens is 292 g/mol. The Hall–Kier alpha value is -2.24. The summed E-state index contributed by atoms with van der Waals surface area (Å²) < 4.78 is 5.15. The second-order valence-corrected chi connectivity index (χ2v) is 6.24. The number of hydrogen-bond donors (Lipinski definition) is 0. The first-order chi connectivity index (χ1) is 11.0. The van der Waals surface area contributed by atoms with Gasteiger partial charge >= 0.3 is 0 Å². The third-order valence-electron chi connectivity index (χ3n) is 4.48. The van der Waals surface area contributed by atoms with Gasteiger partial charge in [-0.2, -0.15) is 0 Å². The van der Waals surface area contributed by atoms with Crippen molar-refractivity contribution in [2.24, 2.45) is 0 Å². The molecular formula is C17H22N4O2. The predicted molar refractivity (Wildman–Crippen MR) is 85.0 cm³/mol. The number of piperidine rings is 1. The van der Waals surface area contributed by atoms with Crippen LogP contribution >= 0.6 is 0 Å². The Labute approximate surface area is 135 Å². The monoisotopic (exact) mass is 314 g/mol. The van der Waals surface area contributed by atoms with Gasteiger partial charge in [-0.15, -0.1) is 0 Å². The second-order valence-electron chi connectivity index (χ2n) is 6.24. The minimum Gasteiger partial charge on any atom is -0.361 e. The molecule has 0 radical (unpaired) electrons. The first-order valence-corrected chi connectivity index (χ1v) is 8.02. The molecule has 0 aliphatic carbocycles. The van der Waals surface area contributed by atoms with Crippen LogP contribution in [0.2, 0.25) is 0 Å². The summed E-state index contributed by atoms with van der Waals surface area (Å²) in [6.45, 7) is 7.18. The van der Waals surface area contributed by atoms with Gasteiger partial charge < -0.3 is 9.42 Å². The number of carbonyl (C=O) groups excluding carboxylic acids is 1. The molecule has 1 saturated heterocycles. The molecule has 1 aliphatic rings. The molecule has 23 heavy (non-hydrogen) atoms. The fourth-order valence-electron chi connectivity index (χ4n) is 3.14. The molecule has 6 heteroatoms. The van der Waals surface area contributed by atoms with Crippen LogP contribution in [0.5, 0.6) is 0 Å². The second kappa shape index (κ2) is 6.48. The summed E-state index contributed by atoms with van der Waals surface area (Å²) in [7, 11) is 0. The van der Waals surface area contributed by atoms with E-state index in [0.717, 1.165) is 47.8 Å². The lowest BCUT2D eigenvalue weighted by atomic mass is 9.94. The maximum atomic E-state index is 12.6. The van der Waals surface area contributed by atoms with Gasteiger partial charge in [0.25, 0.3) is 0 Å². The molecule has 3 rings (SSSR count). The Morgan fingerprint density at radius 2 is 2.17 bits per heavy atom. The molecule has 1 atom stereocenters. The van der Waals surface area contributed by atoms with Crippen LogP contribution in [0.4, 0.5) is 0 Å². The van der Waals surface area contributed by atoms with Crippen molar-refractivity contribution < 1.29 is 9.32 Å². The van der Waals surface area contributed by atoms with E-state index in [-0.39, 0.29) is 11.8 Å². The van der Waals surface area contributed by atoms with Gasteiger partial charge in [0.15, 0.2) is 0 Å². The fraction of sp³-hybridized carbons (Fsp3) is 0.529. The number of aromatic nitrogens is 3. The summed E-state index contributed by atoms with van der Waals surface area (Å²) in [5, 5.41) is 3.92. The van der Waals surface area contributed by atoms with Crippen LogP contribution in [0, 0.1) is 20.8 Å². The normalized spacial score (nSPS) is 18.2. The van der Waals surface area contributed by atoms with Crippen LogP contribution in [-0.2, 0) is 11.2 Å². The number of likely N-dealkylation sites (tertiary alicyclic amines) is 1. The number of rotatable bonds is 3. The van der Waals surface area contributed by atoms with E-state index in [0.29, 0.717) is 13.0 Å². The van der Waals surface area contributed by atoms with Crippen LogP contribution in [0.1, 0.15) is 47.2 Å². The van der Waals surface area contributed by atoms with E-state index in [1.807, 2.05) is 31.9 Å². The van der Waals surface area contributed by atoms with E-state index in [9.17, 15) is 4.79 Å². The van der Waals surface area contributed by atoms with Crippen molar-refractivity contribution in [2.45, 2.75) is 46.0 Å². The lowest BCUT2D eigenvalue weighted by molar-refractivity contribution is -0.131. The van der Waals surface area contributed by atoms with Gasteiger partial charge in [0, 0.05) is 37.0 Å². The van der Waals surface area contributed by atoms with Crippen molar-refractivity contribution in [3.8, 4) is 0 Å². The van der Waals surface area contributed by atoms with Crippen LogP contribution in [0.3, 0.4) is 0 Å². The maximum absolute atomic E-state index is 12.6. The van der Waals surface area contributed by atoms with Crippen molar-refractivity contribution >= 4 is 5.91 Å². The van der Waals surface area contributed by atoms with Crippen LogP contribution in [0.25, 0.3) is 0 Å². The van der Waals surface area contributed by atoms with E-state index in [2.05, 4.69) is 15.1 Å². The first-order valence-electron chi connectivity index (χ1n) is 8.02. The van der Waals surface area contributed by atoms with Crippen molar-refractivity contribution in [2.75, 3.05) is 13.1 Å². The predicted octanol–water partition coefficient (Wildman–Crippen LogP) is 2.34. The maximum Gasteiger partial charge on any atom is 0.227 e. The standard InChI is InChI=1S/C17H22N4O2/c1-11-8-18-9-16(19-11)14-5-4-6-21(10-14)17(22)7-15-12(2)20-23-13(15)3/h8-9,14H,4-7,10H2,1-3H3. The Morgan fingerprint density at radius 1 is 1.35 bits per heavy atom. The topological polar surface area (TPSA) is 72.1 Å². The Balaban J connectivity index is 1.70. The van der Waals surface area contributed by atoms with Crippen molar-refractivity contribution in [3.63, 3.8) is 0 Å². The van der Waals surface area contributed by atoms with E-state index in [1.165, 1.54) is 0 Å². The zero-order chi connectivity index (χ0) is 16.4. The Bertz CT molecular complexity index is 691. The molecule has 122 valence electrons. The van der Waals surface area contributed by atoms with Gasteiger partial charge in [-0.3, -0.25) is 14.8 Å². The van der Waals surface area contributed by atoms with Gasteiger partial charge in [-0.25, -0.2) is 0 Å². The summed E-state index contributed by atoms with van der Waals surface area (Å²) in [4.78, 5) is 23.4. The molecule has 1 fully saturated rings. The molecule has 2 aromatic rings.